The van der Waals surface area contributed by atoms with E-state index in [-0.39, 0.29) is 29.7 Å². The van der Waals surface area contributed by atoms with Gasteiger partial charge in [-0.3, -0.25) is 24.5 Å². The van der Waals surface area contributed by atoms with Crippen LogP contribution in [0.25, 0.3) is 0 Å². The highest BCUT2D eigenvalue weighted by molar-refractivity contribution is 5.98. The van der Waals surface area contributed by atoms with E-state index in [9.17, 15) is 24.5 Å². The molecule has 0 saturated carbocycles. The number of carbonyl (C=O) groups excluding carboxylic acids is 2. The molecule has 9 nitrogen and oxygen atoms in total. The number of carbonyl (C=O) groups is 3. The van der Waals surface area contributed by atoms with Gasteiger partial charge in [0, 0.05) is 32.1 Å². The summed E-state index contributed by atoms with van der Waals surface area (Å²) in [5.41, 5.74) is 0.566. The molecule has 2 rings (SSSR count). The minimum Gasteiger partial charge on any atom is -0.480 e. The molecule has 1 aliphatic rings. The lowest BCUT2D eigenvalue weighted by Crippen LogP contribution is -2.43. The number of hydrogen-bond donors (Lipinski definition) is 1. The van der Waals surface area contributed by atoms with Gasteiger partial charge in [-0.05, 0) is 37.8 Å². The van der Waals surface area contributed by atoms with Crippen LogP contribution >= 0.6 is 0 Å². The van der Waals surface area contributed by atoms with Crippen molar-refractivity contribution in [2.45, 2.75) is 39.2 Å². The molecule has 1 heterocycles. The molecule has 0 radical (unpaired) electrons. The number of carboxylic acid groups (broad SMARTS) is 1. The van der Waals surface area contributed by atoms with Gasteiger partial charge in [-0.1, -0.05) is 6.07 Å². The Bertz CT molecular complexity index is 763. The number of hydrogen-bond acceptors (Lipinski definition) is 5. The maximum absolute atomic E-state index is 12.9. The van der Waals surface area contributed by atoms with Gasteiger partial charge in [-0.15, -0.1) is 0 Å². The first-order chi connectivity index (χ1) is 12.7. The number of carboxylic acids is 1. The van der Waals surface area contributed by atoms with Gasteiger partial charge in [0.2, 0.25) is 5.91 Å². The van der Waals surface area contributed by atoms with E-state index >= 15 is 0 Å². The van der Waals surface area contributed by atoms with Crippen molar-refractivity contribution in [3.05, 3.63) is 39.4 Å². The number of rotatable bonds is 5. The highest BCUT2D eigenvalue weighted by Gasteiger charge is 2.30. The van der Waals surface area contributed by atoms with Crippen LogP contribution in [0.5, 0.6) is 0 Å². The van der Waals surface area contributed by atoms with Gasteiger partial charge in [0.25, 0.3) is 11.6 Å². The number of nitrogens with zero attached hydrogens (tertiary/aromatic N) is 3. The summed E-state index contributed by atoms with van der Waals surface area (Å²) in [6, 6.07) is 4.15. The van der Waals surface area contributed by atoms with Gasteiger partial charge >= 0.3 is 5.97 Å². The number of aliphatic carboxylic acids is 1. The molecule has 1 N–H and O–H groups in total. The molecule has 1 aliphatic heterocycles. The first-order valence-corrected chi connectivity index (χ1v) is 8.74. The standard InChI is InChI=1S/C18H23N3O6/c1-12-5-6-16(21(26)27)15(10-12)18(25)19-8-3-4-14(7-9-19)20(13(2)22)11-17(23)24/h5-6,10,14H,3-4,7-9,11H2,1-2H3,(H,23,24). The molecule has 0 aliphatic carbocycles. The Kier molecular flexibility index (Phi) is 6.49. The third-order valence-corrected chi connectivity index (χ3v) is 4.71. The fourth-order valence-corrected chi connectivity index (χ4v) is 3.39. The normalized spacial score (nSPS) is 17.1. The topological polar surface area (TPSA) is 121 Å². The Hall–Kier alpha value is -2.97. The van der Waals surface area contributed by atoms with E-state index in [4.69, 9.17) is 5.11 Å². The molecular weight excluding hydrogens is 354 g/mol. The van der Waals surface area contributed by atoms with Gasteiger partial charge in [0.1, 0.15) is 12.1 Å². The van der Waals surface area contributed by atoms with Gasteiger partial charge in [0.05, 0.1) is 4.92 Å². The molecule has 0 aromatic heterocycles. The second kappa shape index (κ2) is 8.61. The molecule has 27 heavy (non-hydrogen) atoms. The maximum atomic E-state index is 12.9. The predicted octanol–water partition coefficient (Wildman–Crippen LogP) is 1.83. The zero-order valence-electron chi connectivity index (χ0n) is 15.4. The van der Waals surface area contributed by atoms with Crippen molar-refractivity contribution in [3.8, 4) is 0 Å². The Morgan fingerprint density at radius 3 is 2.59 bits per heavy atom. The minimum atomic E-state index is -1.09. The molecule has 2 amide bonds. The molecule has 1 unspecified atom stereocenters. The fourth-order valence-electron chi connectivity index (χ4n) is 3.39. The largest absolute Gasteiger partial charge is 0.480 e. The smallest absolute Gasteiger partial charge is 0.323 e. The Morgan fingerprint density at radius 2 is 2.00 bits per heavy atom. The summed E-state index contributed by atoms with van der Waals surface area (Å²) in [5.74, 6) is -1.83. The van der Waals surface area contributed by atoms with Crippen LogP contribution in [-0.4, -0.2) is 63.3 Å². The SMILES string of the molecule is CC(=O)N(CC(=O)O)C1CCCN(C(=O)c2cc(C)ccc2[N+](=O)[O-])CC1. The maximum Gasteiger partial charge on any atom is 0.323 e. The van der Waals surface area contributed by atoms with Crippen molar-refractivity contribution in [2.75, 3.05) is 19.6 Å². The van der Waals surface area contributed by atoms with Gasteiger partial charge in [-0.2, -0.15) is 0 Å². The van der Waals surface area contributed by atoms with Crippen LogP contribution in [-0.2, 0) is 9.59 Å². The zero-order valence-corrected chi connectivity index (χ0v) is 15.4. The second-order valence-corrected chi connectivity index (χ2v) is 6.70. The Morgan fingerprint density at radius 1 is 1.30 bits per heavy atom. The lowest BCUT2D eigenvalue weighted by molar-refractivity contribution is -0.385. The van der Waals surface area contributed by atoms with Crippen molar-refractivity contribution in [1.29, 1.82) is 0 Å². The summed E-state index contributed by atoms with van der Waals surface area (Å²) in [5, 5.41) is 20.3. The average Bonchev–Trinajstić information content (AvgIpc) is 2.84. The van der Waals surface area contributed by atoms with Gasteiger partial charge in [-0.25, -0.2) is 0 Å². The van der Waals surface area contributed by atoms with Crippen LogP contribution in [0.15, 0.2) is 18.2 Å². The number of nitro benzene ring substituents is 1. The van der Waals surface area contributed by atoms with E-state index in [1.165, 1.54) is 24.0 Å². The molecular formula is C18H23N3O6. The Labute approximate surface area is 156 Å². The van der Waals surface area contributed by atoms with E-state index in [2.05, 4.69) is 0 Å². The van der Waals surface area contributed by atoms with E-state index < -0.39 is 16.8 Å². The first kappa shape index (κ1) is 20.3. The molecule has 1 fully saturated rings. The first-order valence-electron chi connectivity index (χ1n) is 8.74. The van der Waals surface area contributed by atoms with Crippen LogP contribution in [0.4, 0.5) is 5.69 Å². The Balaban J connectivity index is 2.17. The third kappa shape index (κ3) is 5.02. The molecule has 0 bridgehead atoms. The molecule has 1 atom stereocenters. The predicted molar refractivity (Wildman–Crippen MR) is 96.4 cm³/mol. The van der Waals surface area contributed by atoms with Crippen molar-refractivity contribution in [2.24, 2.45) is 0 Å². The van der Waals surface area contributed by atoms with Crippen LogP contribution < -0.4 is 0 Å². The number of nitro groups is 1. The zero-order chi connectivity index (χ0) is 20.1. The molecule has 1 aromatic rings. The van der Waals surface area contributed by atoms with E-state index in [1.807, 2.05) is 0 Å². The van der Waals surface area contributed by atoms with E-state index in [0.717, 1.165) is 5.56 Å². The lowest BCUT2D eigenvalue weighted by Gasteiger charge is -2.28. The summed E-state index contributed by atoms with van der Waals surface area (Å²) >= 11 is 0. The van der Waals surface area contributed by atoms with E-state index in [0.29, 0.717) is 32.4 Å². The van der Waals surface area contributed by atoms with Crippen molar-refractivity contribution in [1.82, 2.24) is 9.80 Å². The second-order valence-electron chi connectivity index (χ2n) is 6.70. The quantitative estimate of drug-likeness (QED) is 0.617. The number of likely N-dealkylation sites (tertiary alicyclic amines) is 1. The van der Waals surface area contributed by atoms with Crippen LogP contribution in [0.2, 0.25) is 0 Å². The third-order valence-electron chi connectivity index (χ3n) is 4.71. The number of aryl methyl sites for hydroxylation is 1. The summed E-state index contributed by atoms with van der Waals surface area (Å²) in [6.45, 7) is 3.41. The average molecular weight is 377 g/mol. The summed E-state index contributed by atoms with van der Waals surface area (Å²) in [6.07, 6.45) is 1.59. The van der Waals surface area contributed by atoms with Crippen molar-refractivity contribution in [3.63, 3.8) is 0 Å². The van der Waals surface area contributed by atoms with E-state index in [1.54, 1.807) is 17.9 Å². The summed E-state index contributed by atoms with van der Waals surface area (Å²) in [7, 11) is 0. The van der Waals surface area contributed by atoms with Gasteiger partial charge < -0.3 is 14.9 Å². The molecule has 0 spiro atoms. The molecule has 9 heteroatoms. The monoisotopic (exact) mass is 377 g/mol. The number of amides is 2. The minimum absolute atomic E-state index is 0.0485. The van der Waals surface area contributed by atoms with Crippen molar-refractivity contribution < 1.29 is 24.4 Å². The van der Waals surface area contributed by atoms with Crippen molar-refractivity contribution >= 4 is 23.5 Å². The summed E-state index contributed by atoms with van der Waals surface area (Å²) < 4.78 is 0. The fraction of sp³-hybridized carbons (Fsp3) is 0.500. The molecule has 1 saturated heterocycles. The lowest BCUT2D eigenvalue weighted by atomic mass is 10.1. The summed E-state index contributed by atoms with van der Waals surface area (Å²) in [4.78, 5) is 49.2. The van der Waals surface area contributed by atoms with Crippen LogP contribution in [0.3, 0.4) is 0 Å². The van der Waals surface area contributed by atoms with Gasteiger partial charge in [0.15, 0.2) is 0 Å². The highest BCUT2D eigenvalue weighted by Crippen LogP contribution is 2.24. The molecule has 1 aromatic carbocycles. The number of benzene rings is 1. The highest BCUT2D eigenvalue weighted by atomic mass is 16.6. The molecule has 146 valence electrons. The van der Waals surface area contributed by atoms with Crippen LogP contribution in [0, 0.1) is 17.0 Å². The van der Waals surface area contributed by atoms with Crippen LogP contribution in [0.1, 0.15) is 42.1 Å².